The molecule has 0 aliphatic rings. The van der Waals surface area contributed by atoms with Gasteiger partial charge < -0.3 is 9.47 Å². The highest BCUT2D eigenvalue weighted by Gasteiger charge is 2.27. The third kappa shape index (κ3) is 4.18. The summed E-state index contributed by atoms with van der Waals surface area (Å²) < 4.78 is 37.3. The predicted octanol–water partition coefficient (Wildman–Crippen LogP) is 2.94. The first-order valence-corrected chi connectivity index (χ1v) is 9.33. The van der Waals surface area contributed by atoms with Gasteiger partial charge in [0.05, 0.1) is 12.7 Å². The summed E-state index contributed by atoms with van der Waals surface area (Å²) in [5.41, 5.74) is 0.135. The fourth-order valence-electron chi connectivity index (χ4n) is 2.36. The molecule has 0 aliphatic heterocycles. The third-order valence-electron chi connectivity index (χ3n) is 3.68. The number of hydrogen-bond acceptors (Lipinski definition) is 5. The molecule has 134 valence electrons. The quantitative estimate of drug-likeness (QED) is 0.559. The smallest absolute Gasteiger partial charge is 0.343 e. The van der Waals surface area contributed by atoms with Crippen LogP contribution in [0.1, 0.15) is 24.2 Å². The number of carbonyl (C=O) groups is 1. The van der Waals surface area contributed by atoms with Gasteiger partial charge in [-0.2, -0.15) is 4.31 Å². The van der Waals surface area contributed by atoms with Crippen molar-refractivity contribution in [2.24, 2.45) is 0 Å². The topological polar surface area (TPSA) is 72.9 Å². The van der Waals surface area contributed by atoms with Crippen LogP contribution in [0.15, 0.2) is 53.4 Å². The molecule has 0 N–H and O–H groups in total. The van der Waals surface area contributed by atoms with Crippen molar-refractivity contribution in [2.75, 3.05) is 20.2 Å². The zero-order valence-corrected chi connectivity index (χ0v) is 15.2. The zero-order chi connectivity index (χ0) is 18.4. The van der Waals surface area contributed by atoms with E-state index in [1.807, 2.05) is 0 Å². The Labute approximate surface area is 148 Å². The van der Waals surface area contributed by atoms with Crippen LogP contribution in [0.2, 0.25) is 0 Å². The highest BCUT2D eigenvalue weighted by atomic mass is 32.2. The van der Waals surface area contributed by atoms with E-state index in [0.717, 1.165) is 0 Å². The average molecular weight is 363 g/mol. The van der Waals surface area contributed by atoms with Crippen molar-refractivity contribution in [1.82, 2.24) is 4.31 Å². The Morgan fingerprint density at radius 3 is 2.24 bits per heavy atom. The number of nitrogens with zero attached hydrogens (tertiary/aromatic N) is 1. The van der Waals surface area contributed by atoms with Gasteiger partial charge in [0.2, 0.25) is 10.0 Å². The molecule has 0 atom stereocenters. The van der Waals surface area contributed by atoms with E-state index in [2.05, 4.69) is 0 Å². The van der Waals surface area contributed by atoms with Crippen LogP contribution in [-0.4, -0.2) is 38.9 Å². The van der Waals surface area contributed by atoms with Crippen LogP contribution in [0.4, 0.5) is 0 Å². The summed E-state index contributed by atoms with van der Waals surface area (Å²) in [6.07, 6.45) is 0. The summed E-state index contributed by atoms with van der Waals surface area (Å²) in [5, 5.41) is 0. The van der Waals surface area contributed by atoms with E-state index >= 15 is 0 Å². The monoisotopic (exact) mass is 363 g/mol. The number of carbonyl (C=O) groups excluding carboxylic acids is 1. The predicted molar refractivity (Wildman–Crippen MR) is 94.5 cm³/mol. The number of sulfonamides is 1. The number of para-hydroxylation sites is 1. The molecule has 0 fully saturated rings. The second kappa shape index (κ2) is 8.13. The molecule has 0 unspecified atom stereocenters. The van der Waals surface area contributed by atoms with Crippen molar-refractivity contribution >= 4 is 16.0 Å². The van der Waals surface area contributed by atoms with Crippen LogP contribution >= 0.6 is 0 Å². The molecule has 25 heavy (non-hydrogen) atoms. The first-order valence-electron chi connectivity index (χ1n) is 7.89. The summed E-state index contributed by atoms with van der Waals surface area (Å²) in [5.74, 6) is -0.0653. The number of rotatable bonds is 7. The molecule has 2 aromatic carbocycles. The van der Waals surface area contributed by atoms with Crippen molar-refractivity contribution in [3.05, 3.63) is 54.1 Å². The molecule has 2 rings (SSSR count). The lowest BCUT2D eigenvalue weighted by atomic mass is 10.2. The van der Waals surface area contributed by atoms with Gasteiger partial charge in [-0.05, 0) is 30.3 Å². The molecule has 0 aliphatic carbocycles. The van der Waals surface area contributed by atoms with Crippen molar-refractivity contribution in [2.45, 2.75) is 18.7 Å². The van der Waals surface area contributed by atoms with Gasteiger partial charge in [-0.1, -0.05) is 32.0 Å². The summed E-state index contributed by atoms with van der Waals surface area (Å²) in [7, 11) is -2.38. The standard InChI is InChI=1S/C18H21NO5S/c1-4-19(5-2)25(21,22)17-13-14(11-12-16(17)23-3)18(20)24-15-9-7-6-8-10-15/h6-13H,4-5H2,1-3H3. The lowest BCUT2D eigenvalue weighted by molar-refractivity contribution is 0.0734. The fourth-order valence-corrected chi connectivity index (χ4v) is 4.00. The molecule has 6 nitrogen and oxygen atoms in total. The Morgan fingerprint density at radius 2 is 1.68 bits per heavy atom. The molecule has 0 aromatic heterocycles. The van der Waals surface area contributed by atoms with E-state index < -0.39 is 16.0 Å². The first kappa shape index (κ1) is 19.0. The summed E-state index contributed by atoms with van der Waals surface area (Å²) >= 11 is 0. The van der Waals surface area contributed by atoms with Crippen molar-refractivity contribution in [3.8, 4) is 11.5 Å². The van der Waals surface area contributed by atoms with Gasteiger partial charge in [0.15, 0.2) is 0 Å². The van der Waals surface area contributed by atoms with Crippen LogP contribution in [0.5, 0.6) is 11.5 Å². The van der Waals surface area contributed by atoms with Crippen LogP contribution in [0.3, 0.4) is 0 Å². The molecule has 0 bridgehead atoms. The van der Waals surface area contributed by atoms with Crippen LogP contribution < -0.4 is 9.47 Å². The molecule has 0 heterocycles. The van der Waals surface area contributed by atoms with Gasteiger partial charge in [-0.15, -0.1) is 0 Å². The molecule has 7 heteroatoms. The number of ether oxygens (including phenoxy) is 2. The minimum atomic E-state index is -3.77. The van der Waals surface area contributed by atoms with Gasteiger partial charge in [-0.25, -0.2) is 13.2 Å². The molecule has 0 spiro atoms. The second-order valence-electron chi connectivity index (χ2n) is 5.16. The van der Waals surface area contributed by atoms with Gasteiger partial charge in [0.1, 0.15) is 16.4 Å². The highest BCUT2D eigenvalue weighted by Crippen LogP contribution is 2.28. The number of benzene rings is 2. The highest BCUT2D eigenvalue weighted by molar-refractivity contribution is 7.89. The molecular formula is C18H21NO5S. The van der Waals surface area contributed by atoms with Crippen molar-refractivity contribution < 1.29 is 22.7 Å². The van der Waals surface area contributed by atoms with E-state index in [0.29, 0.717) is 18.8 Å². The van der Waals surface area contributed by atoms with E-state index in [1.54, 1.807) is 44.2 Å². The minimum Gasteiger partial charge on any atom is -0.495 e. The third-order valence-corrected chi connectivity index (χ3v) is 5.75. The molecule has 0 saturated heterocycles. The molecule has 0 amide bonds. The largest absolute Gasteiger partial charge is 0.495 e. The molecule has 0 radical (unpaired) electrons. The number of hydrogen-bond donors (Lipinski definition) is 0. The van der Waals surface area contributed by atoms with E-state index in [9.17, 15) is 13.2 Å². The number of esters is 1. The average Bonchev–Trinajstić information content (AvgIpc) is 2.62. The van der Waals surface area contributed by atoms with Gasteiger partial charge >= 0.3 is 5.97 Å². The molecular weight excluding hydrogens is 342 g/mol. The lowest BCUT2D eigenvalue weighted by Gasteiger charge is -2.20. The first-order chi connectivity index (χ1) is 11.9. The lowest BCUT2D eigenvalue weighted by Crippen LogP contribution is -2.31. The second-order valence-corrected chi connectivity index (χ2v) is 7.06. The normalized spacial score (nSPS) is 11.4. The van der Waals surface area contributed by atoms with E-state index in [-0.39, 0.29) is 16.2 Å². The van der Waals surface area contributed by atoms with Crippen molar-refractivity contribution in [3.63, 3.8) is 0 Å². The summed E-state index contributed by atoms with van der Waals surface area (Å²) in [6.45, 7) is 4.14. The Morgan fingerprint density at radius 1 is 1.04 bits per heavy atom. The number of methoxy groups -OCH3 is 1. The Bertz CT molecular complexity index is 830. The van der Waals surface area contributed by atoms with Crippen LogP contribution in [0, 0.1) is 0 Å². The van der Waals surface area contributed by atoms with Crippen LogP contribution in [0.25, 0.3) is 0 Å². The Hall–Kier alpha value is -2.38. The van der Waals surface area contributed by atoms with Gasteiger partial charge in [0, 0.05) is 13.1 Å². The SMILES string of the molecule is CCN(CC)S(=O)(=O)c1cc(C(=O)Oc2ccccc2)ccc1OC. The van der Waals surface area contributed by atoms with Gasteiger partial charge in [-0.3, -0.25) is 0 Å². The fraction of sp³-hybridized carbons (Fsp3) is 0.278. The summed E-state index contributed by atoms with van der Waals surface area (Å²) in [6, 6.07) is 12.8. The van der Waals surface area contributed by atoms with Crippen LogP contribution in [-0.2, 0) is 10.0 Å². The maximum atomic E-state index is 12.8. The van der Waals surface area contributed by atoms with E-state index in [4.69, 9.17) is 9.47 Å². The van der Waals surface area contributed by atoms with E-state index in [1.165, 1.54) is 29.6 Å². The van der Waals surface area contributed by atoms with Gasteiger partial charge in [0.25, 0.3) is 0 Å². The summed E-state index contributed by atoms with van der Waals surface area (Å²) in [4.78, 5) is 12.3. The molecule has 2 aromatic rings. The molecule has 0 saturated carbocycles. The maximum absolute atomic E-state index is 12.8. The Kier molecular flexibility index (Phi) is 6.17. The minimum absolute atomic E-state index is 0.0544. The maximum Gasteiger partial charge on any atom is 0.343 e. The Balaban J connectivity index is 2.41. The zero-order valence-electron chi connectivity index (χ0n) is 14.4. The van der Waals surface area contributed by atoms with Crippen molar-refractivity contribution in [1.29, 1.82) is 0 Å².